The topological polar surface area (TPSA) is 80.2 Å². The molecule has 0 bridgehead atoms. The number of nitrogens with zero attached hydrogens (tertiary/aromatic N) is 2. The number of ether oxygens (including phenoxy) is 2. The number of benzene rings is 2. The molecule has 0 saturated carbocycles. The maximum atomic E-state index is 13.1. The Morgan fingerprint density at radius 3 is 2.59 bits per heavy atom. The summed E-state index contributed by atoms with van der Waals surface area (Å²) in [4.78, 5) is 25.5. The second kappa shape index (κ2) is 8.60. The maximum absolute atomic E-state index is 13.1. The molecule has 3 rings (SSSR count). The van der Waals surface area contributed by atoms with Gasteiger partial charge < -0.3 is 14.8 Å². The van der Waals surface area contributed by atoms with Crippen molar-refractivity contribution in [3.05, 3.63) is 72.3 Å². The predicted octanol–water partition coefficient (Wildman–Crippen LogP) is 3.45. The van der Waals surface area contributed by atoms with E-state index in [1.165, 1.54) is 13.3 Å². The third-order valence-electron chi connectivity index (χ3n) is 4.73. The highest BCUT2D eigenvalue weighted by Crippen LogP contribution is 2.32. The van der Waals surface area contributed by atoms with Crippen LogP contribution in [0.25, 0.3) is 0 Å². The van der Waals surface area contributed by atoms with E-state index in [0.29, 0.717) is 30.1 Å². The van der Waals surface area contributed by atoms with E-state index in [0.717, 1.165) is 10.6 Å². The summed E-state index contributed by atoms with van der Waals surface area (Å²) in [5, 5.41) is 7.79. The molecular formula is C22H23N3O4. The van der Waals surface area contributed by atoms with E-state index in [1.807, 2.05) is 37.3 Å². The minimum Gasteiger partial charge on any atom is -0.493 e. The van der Waals surface area contributed by atoms with Crippen LogP contribution in [0.3, 0.4) is 0 Å². The Balaban J connectivity index is 1.85. The predicted molar refractivity (Wildman–Crippen MR) is 110 cm³/mol. The van der Waals surface area contributed by atoms with Crippen LogP contribution in [-0.4, -0.2) is 36.9 Å². The Morgan fingerprint density at radius 1 is 1.17 bits per heavy atom. The molecule has 1 saturated heterocycles. The van der Waals surface area contributed by atoms with Crippen LogP contribution in [0.15, 0.2) is 66.3 Å². The molecule has 2 aromatic carbocycles. The molecule has 3 amide bonds. The van der Waals surface area contributed by atoms with Gasteiger partial charge in [0.05, 0.1) is 13.3 Å². The second-order valence-corrected chi connectivity index (χ2v) is 6.43. The van der Waals surface area contributed by atoms with Crippen molar-refractivity contribution >= 4 is 18.2 Å². The van der Waals surface area contributed by atoms with Crippen LogP contribution in [0.1, 0.15) is 24.5 Å². The molecule has 0 aliphatic carbocycles. The van der Waals surface area contributed by atoms with Crippen molar-refractivity contribution in [3.8, 4) is 11.5 Å². The molecule has 1 aliphatic heterocycles. The van der Waals surface area contributed by atoms with Crippen molar-refractivity contribution in [3.63, 3.8) is 0 Å². The third-order valence-corrected chi connectivity index (χ3v) is 4.73. The van der Waals surface area contributed by atoms with Crippen LogP contribution in [0, 0.1) is 0 Å². The minimum absolute atomic E-state index is 0.352. The van der Waals surface area contributed by atoms with Crippen LogP contribution in [0.2, 0.25) is 0 Å². The first kappa shape index (κ1) is 20.1. The lowest BCUT2D eigenvalue weighted by atomic mass is 9.87. The fraction of sp³-hybridized carbons (Fsp3) is 0.227. The van der Waals surface area contributed by atoms with Gasteiger partial charge in [0.1, 0.15) is 12.1 Å². The van der Waals surface area contributed by atoms with Crippen molar-refractivity contribution < 1.29 is 19.1 Å². The number of rotatable bonds is 8. The summed E-state index contributed by atoms with van der Waals surface area (Å²) < 4.78 is 10.8. The van der Waals surface area contributed by atoms with Gasteiger partial charge in [-0.25, -0.2) is 4.79 Å². The highest BCUT2D eigenvalue weighted by atomic mass is 16.5. The molecule has 29 heavy (non-hydrogen) atoms. The fourth-order valence-corrected chi connectivity index (χ4v) is 3.19. The number of carbonyl (C=O) groups is 2. The number of urea groups is 1. The molecule has 7 nitrogen and oxygen atoms in total. The Kier molecular flexibility index (Phi) is 5.97. The molecule has 0 spiro atoms. The summed E-state index contributed by atoms with van der Waals surface area (Å²) in [5.41, 5.74) is 0.265. The SMILES string of the molecule is C=CCOc1ccc(/C=N\N2C(=O)N[C@@](CC)(c3ccccc3)C2=O)cc1OC. The number of hydrazone groups is 1. The number of nitrogens with one attached hydrogen (secondary N) is 1. The molecular weight excluding hydrogens is 370 g/mol. The van der Waals surface area contributed by atoms with Gasteiger partial charge in [0.2, 0.25) is 0 Å². The van der Waals surface area contributed by atoms with Gasteiger partial charge in [0.25, 0.3) is 5.91 Å². The first-order chi connectivity index (χ1) is 14.1. The molecule has 2 aromatic rings. The average molecular weight is 393 g/mol. The van der Waals surface area contributed by atoms with Gasteiger partial charge >= 0.3 is 6.03 Å². The maximum Gasteiger partial charge on any atom is 0.346 e. The lowest BCUT2D eigenvalue weighted by Crippen LogP contribution is -2.43. The Labute approximate surface area is 169 Å². The van der Waals surface area contributed by atoms with Crippen molar-refractivity contribution in [1.29, 1.82) is 0 Å². The summed E-state index contributed by atoms with van der Waals surface area (Å²) in [6.45, 7) is 5.82. The molecule has 1 aliphatic rings. The number of carbonyl (C=O) groups excluding carboxylic acids is 2. The Bertz CT molecular complexity index is 942. The summed E-state index contributed by atoms with van der Waals surface area (Å²) in [7, 11) is 1.53. The van der Waals surface area contributed by atoms with Crippen molar-refractivity contribution in [1.82, 2.24) is 10.3 Å². The third kappa shape index (κ3) is 3.85. The van der Waals surface area contributed by atoms with Gasteiger partial charge in [-0.15, -0.1) is 5.01 Å². The number of methoxy groups -OCH3 is 1. The number of hydrogen-bond donors (Lipinski definition) is 1. The first-order valence-electron chi connectivity index (χ1n) is 9.23. The summed E-state index contributed by atoms with van der Waals surface area (Å²) in [6, 6.07) is 13.8. The second-order valence-electron chi connectivity index (χ2n) is 6.43. The fourth-order valence-electron chi connectivity index (χ4n) is 3.19. The molecule has 0 unspecified atom stereocenters. The van der Waals surface area contributed by atoms with Crippen LogP contribution >= 0.6 is 0 Å². The van der Waals surface area contributed by atoms with Gasteiger partial charge in [-0.05, 0) is 35.7 Å². The van der Waals surface area contributed by atoms with Gasteiger partial charge in [-0.3, -0.25) is 4.79 Å². The molecule has 1 fully saturated rings. The Hall–Kier alpha value is -3.61. The lowest BCUT2D eigenvalue weighted by molar-refractivity contribution is -0.131. The van der Waals surface area contributed by atoms with Crippen LogP contribution in [-0.2, 0) is 10.3 Å². The summed E-state index contributed by atoms with van der Waals surface area (Å²) in [6.07, 6.45) is 3.49. The van der Waals surface area contributed by atoms with E-state index in [4.69, 9.17) is 9.47 Å². The molecule has 7 heteroatoms. The largest absolute Gasteiger partial charge is 0.493 e. The average Bonchev–Trinajstić information content (AvgIpc) is 3.01. The number of hydrogen-bond acceptors (Lipinski definition) is 5. The summed E-state index contributed by atoms with van der Waals surface area (Å²) >= 11 is 0. The van der Waals surface area contributed by atoms with E-state index in [9.17, 15) is 9.59 Å². The van der Waals surface area contributed by atoms with Crippen LogP contribution in [0.4, 0.5) is 4.79 Å². The first-order valence-corrected chi connectivity index (χ1v) is 9.23. The van der Waals surface area contributed by atoms with Crippen molar-refractivity contribution in [2.45, 2.75) is 18.9 Å². The quantitative estimate of drug-likeness (QED) is 0.423. The summed E-state index contributed by atoms with van der Waals surface area (Å²) in [5.74, 6) is 0.666. The standard InChI is InChI=1S/C22H23N3O4/c1-4-13-29-18-12-11-16(14-19(18)28-3)15-23-25-20(26)22(5-2,24-21(25)27)17-9-7-6-8-10-17/h4,6-12,14-15H,1,5,13H2,2-3H3,(H,24,27)/b23-15-/t22-/m0/s1. The van der Waals surface area contributed by atoms with Gasteiger partial charge in [-0.2, -0.15) is 5.10 Å². The van der Waals surface area contributed by atoms with E-state index < -0.39 is 17.5 Å². The monoisotopic (exact) mass is 393 g/mol. The zero-order valence-corrected chi connectivity index (χ0v) is 16.4. The molecule has 1 N–H and O–H groups in total. The molecule has 0 aromatic heterocycles. The van der Waals surface area contributed by atoms with Crippen LogP contribution < -0.4 is 14.8 Å². The zero-order chi connectivity index (χ0) is 20.9. The molecule has 0 radical (unpaired) electrons. The normalized spacial score (nSPS) is 18.8. The van der Waals surface area contributed by atoms with Crippen molar-refractivity contribution in [2.24, 2.45) is 5.10 Å². The van der Waals surface area contributed by atoms with Crippen LogP contribution in [0.5, 0.6) is 11.5 Å². The molecule has 1 heterocycles. The Morgan fingerprint density at radius 2 is 1.93 bits per heavy atom. The van der Waals surface area contributed by atoms with E-state index in [1.54, 1.807) is 24.3 Å². The highest BCUT2D eigenvalue weighted by Gasteiger charge is 2.51. The number of amides is 3. The smallest absolute Gasteiger partial charge is 0.346 e. The minimum atomic E-state index is -1.12. The van der Waals surface area contributed by atoms with Gasteiger partial charge in [0, 0.05) is 0 Å². The van der Waals surface area contributed by atoms with E-state index in [2.05, 4.69) is 17.0 Å². The van der Waals surface area contributed by atoms with Gasteiger partial charge in [-0.1, -0.05) is 49.9 Å². The zero-order valence-electron chi connectivity index (χ0n) is 16.4. The number of imide groups is 1. The van der Waals surface area contributed by atoms with E-state index in [-0.39, 0.29) is 0 Å². The molecule has 150 valence electrons. The highest BCUT2D eigenvalue weighted by molar-refractivity contribution is 6.07. The van der Waals surface area contributed by atoms with Gasteiger partial charge in [0.15, 0.2) is 11.5 Å². The van der Waals surface area contributed by atoms with E-state index >= 15 is 0 Å². The lowest BCUT2D eigenvalue weighted by Gasteiger charge is -2.24. The molecule has 1 atom stereocenters. The van der Waals surface area contributed by atoms with Crippen molar-refractivity contribution in [2.75, 3.05) is 13.7 Å².